The van der Waals surface area contributed by atoms with E-state index in [9.17, 15) is 13.6 Å². The van der Waals surface area contributed by atoms with Gasteiger partial charge >= 0.3 is 0 Å². The highest BCUT2D eigenvalue weighted by Gasteiger charge is 2.13. The monoisotopic (exact) mass is 340 g/mol. The summed E-state index contributed by atoms with van der Waals surface area (Å²) in [7, 11) is 0. The fourth-order valence-corrected chi connectivity index (χ4v) is 2.77. The molecule has 1 unspecified atom stereocenters. The van der Waals surface area contributed by atoms with Gasteiger partial charge in [-0.05, 0) is 55.0 Å². The number of rotatable bonds is 5. The van der Waals surface area contributed by atoms with E-state index >= 15 is 0 Å². The van der Waals surface area contributed by atoms with Crippen molar-refractivity contribution in [2.75, 3.05) is 0 Å². The summed E-state index contributed by atoms with van der Waals surface area (Å²) >= 11 is 0. The quantitative estimate of drug-likeness (QED) is 0.754. The summed E-state index contributed by atoms with van der Waals surface area (Å²) < 4.78 is 26.2. The van der Waals surface area contributed by atoms with Gasteiger partial charge in [-0.25, -0.2) is 8.78 Å². The fourth-order valence-electron chi connectivity index (χ4n) is 2.77. The molecule has 128 valence electrons. The number of amides is 1. The third kappa shape index (κ3) is 3.99. The number of carbonyl (C=O) groups excluding carboxylic acids is 1. The SMILES string of the molecule is CC(CCc1ccc(F)c(F)c1)NC(=O)c1cccc2cnccc12. The molecule has 1 N–H and O–H groups in total. The van der Waals surface area contributed by atoms with Crippen LogP contribution in [0.3, 0.4) is 0 Å². The van der Waals surface area contributed by atoms with Crippen molar-refractivity contribution in [2.24, 2.45) is 0 Å². The summed E-state index contributed by atoms with van der Waals surface area (Å²) in [4.78, 5) is 16.6. The second kappa shape index (κ2) is 7.38. The number of fused-ring (bicyclic) bond motifs is 1. The lowest BCUT2D eigenvalue weighted by molar-refractivity contribution is 0.0940. The minimum absolute atomic E-state index is 0.0993. The fraction of sp³-hybridized carbons (Fsp3) is 0.200. The zero-order valence-corrected chi connectivity index (χ0v) is 13.8. The van der Waals surface area contributed by atoms with Crippen LogP contribution in [0.1, 0.15) is 29.3 Å². The largest absolute Gasteiger partial charge is 0.350 e. The normalized spacial score (nSPS) is 12.1. The highest BCUT2D eigenvalue weighted by Crippen LogP contribution is 2.18. The van der Waals surface area contributed by atoms with Crippen molar-refractivity contribution in [3.8, 4) is 0 Å². The molecule has 1 heterocycles. The van der Waals surface area contributed by atoms with Crippen LogP contribution >= 0.6 is 0 Å². The molecule has 0 spiro atoms. The van der Waals surface area contributed by atoms with Crippen molar-refractivity contribution in [3.63, 3.8) is 0 Å². The Bertz CT molecular complexity index is 906. The van der Waals surface area contributed by atoms with Crippen LogP contribution in [0.15, 0.2) is 54.9 Å². The summed E-state index contributed by atoms with van der Waals surface area (Å²) in [5, 5.41) is 4.71. The van der Waals surface area contributed by atoms with Crippen molar-refractivity contribution in [3.05, 3.63) is 77.6 Å². The number of halogens is 2. The molecule has 0 aliphatic carbocycles. The Hall–Kier alpha value is -2.82. The topological polar surface area (TPSA) is 42.0 Å². The number of nitrogens with zero attached hydrogens (tertiary/aromatic N) is 1. The molecule has 0 fully saturated rings. The van der Waals surface area contributed by atoms with E-state index in [1.807, 2.05) is 25.1 Å². The standard InChI is InChI=1S/C20H18F2N2O/c1-13(5-6-14-7-8-18(21)19(22)11-14)24-20(25)17-4-2-3-15-12-23-10-9-16(15)17/h2-4,7-13H,5-6H2,1H3,(H,24,25). The van der Waals surface area contributed by atoms with Crippen LogP contribution in [0, 0.1) is 11.6 Å². The third-order valence-corrected chi connectivity index (χ3v) is 4.15. The number of pyridine rings is 1. The predicted octanol–water partition coefficient (Wildman–Crippen LogP) is 4.26. The highest BCUT2D eigenvalue weighted by molar-refractivity contribution is 6.06. The maximum absolute atomic E-state index is 13.2. The van der Waals surface area contributed by atoms with Crippen LogP contribution in [0.4, 0.5) is 8.78 Å². The Morgan fingerprint density at radius 2 is 2.00 bits per heavy atom. The molecule has 1 amide bonds. The Morgan fingerprint density at radius 1 is 1.16 bits per heavy atom. The first kappa shape index (κ1) is 17.0. The van der Waals surface area contributed by atoms with Gasteiger partial charge in [0.1, 0.15) is 0 Å². The van der Waals surface area contributed by atoms with Crippen LogP contribution in [0.2, 0.25) is 0 Å². The van der Waals surface area contributed by atoms with Crippen molar-refractivity contribution in [2.45, 2.75) is 25.8 Å². The molecule has 0 bridgehead atoms. The zero-order chi connectivity index (χ0) is 17.8. The predicted molar refractivity (Wildman–Crippen MR) is 93.4 cm³/mol. The minimum Gasteiger partial charge on any atom is -0.350 e. The molecule has 0 radical (unpaired) electrons. The van der Waals surface area contributed by atoms with Crippen molar-refractivity contribution < 1.29 is 13.6 Å². The summed E-state index contributed by atoms with van der Waals surface area (Å²) in [5.41, 5.74) is 1.30. The lowest BCUT2D eigenvalue weighted by Crippen LogP contribution is -2.33. The van der Waals surface area contributed by atoms with Crippen LogP contribution in [-0.4, -0.2) is 16.9 Å². The first-order chi connectivity index (χ1) is 12.0. The van der Waals surface area contributed by atoms with Gasteiger partial charge in [0.15, 0.2) is 11.6 Å². The van der Waals surface area contributed by atoms with Gasteiger partial charge in [0.25, 0.3) is 5.91 Å². The molecule has 1 atom stereocenters. The van der Waals surface area contributed by atoms with Gasteiger partial charge in [-0.15, -0.1) is 0 Å². The molecule has 0 aliphatic rings. The first-order valence-electron chi connectivity index (χ1n) is 8.12. The van der Waals surface area contributed by atoms with E-state index in [0.29, 0.717) is 24.0 Å². The summed E-state index contributed by atoms with van der Waals surface area (Å²) in [5.74, 6) is -1.86. The van der Waals surface area contributed by atoms with Crippen molar-refractivity contribution in [1.82, 2.24) is 10.3 Å². The molecule has 2 aromatic carbocycles. The van der Waals surface area contributed by atoms with Gasteiger partial charge in [-0.2, -0.15) is 0 Å². The van der Waals surface area contributed by atoms with E-state index in [0.717, 1.165) is 16.8 Å². The smallest absolute Gasteiger partial charge is 0.252 e. The molecule has 3 rings (SSSR count). The second-order valence-corrected chi connectivity index (χ2v) is 6.06. The molecule has 5 heteroatoms. The molecule has 0 aliphatic heterocycles. The van der Waals surface area contributed by atoms with Gasteiger partial charge < -0.3 is 5.32 Å². The average molecular weight is 340 g/mol. The number of hydrogen-bond acceptors (Lipinski definition) is 2. The molecule has 3 aromatic rings. The average Bonchev–Trinajstić information content (AvgIpc) is 2.62. The third-order valence-electron chi connectivity index (χ3n) is 4.15. The van der Waals surface area contributed by atoms with E-state index in [1.165, 1.54) is 6.07 Å². The van der Waals surface area contributed by atoms with E-state index in [4.69, 9.17) is 0 Å². The molecule has 1 aromatic heterocycles. The maximum atomic E-state index is 13.2. The lowest BCUT2D eigenvalue weighted by atomic mass is 10.0. The van der Waals surface area contributed by atoms with E-state index in [-0.39, 0.29) is 11.9 Å². The summed E-state index contributed by atoms with van der Waals surface area (Å²) in [6.45, 7) is 1.89. The van der Waals surface area contributed by atoms with Gasteiger partial charge in [-0.1, -0.05) is 18.2 Å². The highest BCUT2D eigenvalue weighted by atomic mass is 19.2. The van der Waals surface area contributed by atoms with Crippen molar-refractivity contribution >= 4 is 16.7 Å². The Balaban J connectivity index is 1.64. The zero-order valence-electron chi connectivity index (χ0n) is 13.8. The van der Waals surface area contributed by atoms with Crippen LogP contribution < -0.4 is 5.32 Å². The lowest BCUT2D eigenvalue weighted by Gasteiger charge is -2.15. The maximum Gasteiger partial charge on any atom is 0.252 e. The molecule has 0 saturated heterocycles. The van der Waals surface area contributed by atoms with Crippen LogP contribution in [-0.2, 0) is 6.42 Å². The van der Waals surface area contributed by atoms with Gasteiger partial charge in [-0.3, -0.25) is 9.78 Å². The number of hydrogen-bond donors (Lipinski definition) is 1. The summed E-state index contributed by atoms with van der Waals surface area (Å²) in [6, 6.07) is 11.1. The van der Waals surface area contributed by atoms with Gasteiger partial charge in [0.2, 0.25) is 0 Å². The van der Waals surface area contributed by atoms with E-state index in [1.54, 1.807) is 24.5 Å². The number of carbonyl (C=O) groups is 1. The van der Waals surface area contributed by atoms with Crippen LogP contribution in [0.25, 0.3) is 10.8 Å². The molecular formula is C20H18F2N2O. The van der Waals surface area contributed by atoms with Gasteiger partial charge in [0.05, 0.1) is 0 Å². The number of aromatic nitrogens is 1. The van der Waals surface area contributed by atoms with Crippen LogP contribution in [0.5, 0.6) is 0 Å². The van der Waals surface area contributed by atoms with E-state index < -0.39 is 11.6 Å². The molecular weight excluding hydrogens is 322 g/mol. The first-order valence-corrected chi connectivity index (χ1v) is 8.12. The molecule has 25 heavy (non-hydrogen) atoms. The van der Waals surface area contributed by atoms with Gasteiger partial charge in [0, 0.05) is 29.4 Å². The number of benzene rings is 2. The second-order valence-electron chi connectivity index (χ2n) is 6.06. The molecule has 0 saturated carbocycles. The Labute approximate surface area is 144 Å². The number of nitrogens with one attached hydrogen (secondary N) is 1. The minimum atomic E-state index is -0.851. The summed E-state index contributed by atoms with van der Waals surface area (Å²) in [6.07, 6.45) is 4.56. The van der Waals surface area contributed by atoms with Crippen molar-refractivity contribution in [1.29, 1.82) is 0 Å². The molecule has 3 nitrogen and oxygen atoms in total. The Morgan fingerprint density at radius 3 is 2.80 bits per heavy atom. The number of aryl methyl sites for hydroxylation is 1. The Kier molecular flexibility index (Phi) is 5.03. The van der Waals surface area contributed by atoms with E-state index in [2.05, 4.69) is 10.3 Å².